The number of H-pyrrole nitrogens is 1. The molecule has 0 spiro atoms. The van der Waals surface area contributed by atoms with Gasteiger partial charge in [-0.3, -0.25) is 9.69 Å². The molecule has 5 aromatic rings. The van der Waals surface area contributed by atoms with E-state index in [2.05, 4.69) is 22.0 Å². The quantitative estimate of drug-likeness (QED) is 0.197. The first kappa shape index (κ1) is 27.5. The molecule has 0 saturated carbocycles. The van der Waals surface area contributed by atoms with Gasteiger partial charge in [0.2, 0.25) is 0 Å². The minimum atomic E-state index is -0.0852. The van der Waals surface area contributed by atoms with E-state index in [1.54, 1.807) is 18.0 Å². The number of aromatic amines is 1. The van der Waals surface area contributed by atoms with E-state index < -0.39 is 0 Å². The van der Waals surface area contributed by atoms with Crippen LogP contribution in [0.1, 0.15) is 51.9 Å². The van der Waals surface area contributed by atoms with Crippen molar-refractivity contribution in [1.29, 1.82) is 0 Å². The zero-order valence-electron chi connectivity index (χ0n) is 24.0. The lowest BCUT2D eigenvalue weighted by Crippen LogP contribution is -2.28. The van der Waals surface area contributed by atoms with Gasteiger partial charge in [-0.05, 0) is 61.3 Å². The third-order valence-electron chi connectivity index (χ3n) is 7.95. The van der Waals surface area contributed by atoms with Crippen LogP contribution in [0.2, 0.25) is 0 Å². The van der Waals surface area contributed by atoms with Gasteiger partial charge in [0.05, 0.1) is 17.0 Å². The molecule has 6 heteroatoms. The van der Waals surface area contributed by atoms with E-state index in [1.807, 2.05) is 84.9 Å². The molecular formula is C36H36N4O2. The molecule has 1 aliphatic heterocycles. The van der Waals surface area contributed by atoms with Crippen molar-refractivity contribution >= 4 is 28.2 Å². The van der Waals surface area contributed by atoms with Gasteiger partial charge >= 0.3 is 0 Å². The Labute approximate surface area is 247 Å². The summed E-state index contributed by atoms with van der Waals surface area (Å²) in [7, 11) is 1.80. The summed E-state index contributed by atoms with van der Waals surface area (Å²) >= 11 is 0. The van der Waals surface area contributed by atoms with Gasteiger partial charge in [-0.25, -0.2) is 4.99 Å². The van der Waals surface area contributed by atoms with Gasteiger partial charge in [0.25, 0.3) is 5.91 Å². The molecule has 2 heterocycles. The number of likely N-dealkylation sites (tertiary alicyclic amines) is 1. The molecule has 0 unspecified atom stereocenters. The number of carbonyl (C=O) groups is 1. The third kappa shape index (κ3) is 6.14. The highest BCUT2D eigenvalue weighted by Gasteiger charge is 2.21. The number of aliphatic imine (C=N–C) groups is 1. The Morgan fingerprint density at radius 3 is 2.24 bits per heavy atom. The number of aromatic hydroxyl groups is 1. The van der Waals surface area contributed by atoms with Crippen LogP contribution in [-0.4, -0.2) is 51.6 Å². The Bertz CT molecular complexity index is 1690. The Morgan fingerprint density at radius 2 is 1.52 bits per heavy atom. The maximum absolute atomic E-state index is 13.3. The van der Waals surface area contributed by atoms with E-state index in [4.69, 9.17) is 4.99 Å². The summed E-state index contributed by atoms with van der Waals surface area (Å²) in [5, 5.41) is 12.0. The number of hydrogen-bond acceptors (Lipinski definition) is 4. The van der Waals surface area contributed by atoms with Crippen LogP contribution in [0.15, 0.2) is 108 Å². The molecule has 0 bridgehead atoms. The second-order valence-corrected chi connectivity index (χ2v) is 11.1. The van der Waals surface area contributed by atoms with Crippen molar-refractivity contribution in [3.8, 4) is 5.88 Å². The van der Waals surface area contributed by atoms with Crippen molar-refractivity contribution in [2.45, 2.75) is 32.4 Å². The summed E-state index contributed by atoms with van der Waals surface area (Å²) in [4.78, 5) is 25.6. The van der Waals surface area contributed by atoms with E-state index in [1.165, 1.54) is 24.8 Å². The molecule has 1 saturated heterocycles. The number of nitrogens with zero attached hydrogens (tertiary/aromatic N) is 3. The predicted molar refractivity (Wildman–Crippen MR) is 170 cm³/mol. The number of piperidine rings is 1. The van der Waals surface area contributed by atoms with E-state index in [0.29, 0.717) is 28.9 Å². The molecular weight excluding hydrogens is 520 g/mol. The van der Waals surface area contributed by atoms with Crippen LogP contribution < -0.4 is 0 Å². The Kier molecular flexibility index (Phi) is 8.15. The number of rotatable bonds is 8. The lowest BCUT2D eigenvalue weighted by Gasteiger charge is -2.26. The van der Waals surface area contributed by atoms with Gasteiger partial charge in [0, 0.05) is 42.2 Å². The normalized spacial score (nSPS) is 14.3. The second-order valence-electron chi connectivity index (χ2n) is 11.1. The van der Waals surface area contributed by atoms with E-state index >= 15 is 0 Å². The maximum Gasteiger partial charge on any atom is 0.253 e. The van der Waals surface area contributed by atoms with Crippen molar-refractivity contribution in [1.82, 2.24) is 14.8 Å². The van der Waals surface area contributed by atoms with Gasteiger partial charge in [-0.2, -0.15) is 0 Å². The number of hydrogen-bond donors (Lipinski definition) is 2. The fourth-order valence-corrected chi connectivity index (χ4v) is 5.75. The highest BCUT2D eigenvalue weighted by molar-refractivity contribution is 6.22. The van der Waals surface area contributed by atoms with Crippen LogP contribution in [-0.2, 0) is 13.1 Å². The van der Waals surface area contributed by atoms with Crippen molar-refractivity contribution in [2.75, 3.05) is 20.1 Å². The van der Waals surface area contributed by atoms with Crippen molar-refractivity contribution in [3.63, 3.8) is 0 Å². The zero-order chi connectivity index (χ0) is 28.9. The van der Waals surface area contributed by atoms with Crippen LogP contribution in [0.5, 0.6) is 5.88 Å². The molecule has 1 amide bonds. The summed E-state index contributed by atoms with van der Waals surface area (Å²) in [6, 6.07) is 33.7. The molecule has 1 aliphatic rings. The molecule has 4 aromatic carbocycles. The molecule has 6 rings (SSSR count). The minimum Gasteiger partial charge on any atom is -0.494 e. The molecule has 1 aromatic heterocycles. The molecule has 6 nitrogen and oxygen atoms in total. The number of aromatic nitrogens is 1. The average Bonchev–Trinajstić information content (AvgIpc) is 3.36. The minimum absolute atomic E-state index is 0.0246. The Balaban J connectivity index is 1.31. The first-order valence-electron chi connectivity index (χ1n) is 14.6. The summed E-state index contributed by atoms with van der Waals surface area (Å²) in [5.74, 6) is -0.0606. The van der Waals surface area contributed by atoms with Crippen LogP contribution in [0.4, 0.5) is 5.69 Å². The van der Waals surface area contributed by atoms with Crippen LogP contribution in [0, 0.1) is 0 Å². The average molecular weight is 557 g/mol. The van der Waals surface area contributed by atoms with E-state index in [0.717, 1.165) is 41.8 Å². The summed E-state index contributed by atoms with van der Waals surface area (Å²) in [6.45, 7) is 3.80. The highest BCUT2D eigenvalue weighted by atomic mass is 16.3. The lowest BCUT2D eigenvalue weighted by molar-refractivity contribution is 0.0785. The number of carbonyl (C=O) groups excluding carboxylic acids is 1. The molecule has 42 heavy (non-hydrogen) atoms. The molecule has 212 valence electrons. The molecule has 0 atom stereocenters. The summed E-state index contributed by atoms with van der Waals surface area (Å²) < 4.78 is 0. The molecule has 2 N–H and O–H groups in total. The first-order chi connectivity index (χ1) is 20.5. The second kappa shape index (κ2) is 12.5. The van der Waals surface area contributed by atoms with Gasteiger partial charge < -0.3 is 15.0 Å². The topological polar surface area (TPSA) is 71.9 Å². The fourth-order valence-electron chi connectivity index (χ4n) is 5.75. The number of amides is 1. The SMILES string of the molecule is CN(Cc1ccccc1)C(=O)c1ccc2c(C(=Nc3ccc(CN4CCCCC4)cc3)c3ccccc3)c(O)[nH]c2c1. The van der Waals surface area contributed by atoms with E-state index in [9.17, 15) is 9.90 Å². The first-order valence-corrected chi connectivity index (χ1v) is 14.6. The van der Waals surface area contributed by atoms with Crippen LogP contribution >= 0.6 is 0 Å². The zero-order valence-corrected chi connectivity index (χ0v) is 24.0. The number of benzene rings is 4. The number of fused-ring (bicyclic) bond motifs is 1. The lowest BCUT2D eigenvalue weighted by atomic mass is 10.00. The van der Waals surface area contributed by atoms with Crippen LogP contribution in [0.25, 0.3) is 10.9 Å². The Hall–Kier alpha value is -4.68. The van der Waals surface area contributed by atoms with Gasteiger partial charge in [-0.15, -0.1) is 0 Å². The standard InChI is InChI=1S/C36H36N4O2/c1-39(24-26-11-5-2-6-12-26)36(42)29-17-20-31-32(23-29)38-35(41)33(31)34(28-13-7-3-8-14-28)37-30-18-15-27(16-19-30)25-40-21-9-4-10-22-40/h2-3,5-8,11-20,23,38,41H,4,9-10,21-22,24-25H2,1H3. The van der Waals surface area contributed by atoms with E-state index in [-0.39, 0.29) is 11.8 Å². The van der Waals surface area contributed by atoms with Crippen molar-refractivity contribution in [3.05, 3.63) is 131 Å². The van der Waals surface area contributed by atoms with Crippen molar-refractivity contribution < 1.29 is 9.90 Å². The highest BCUT2D eigenvalue weighted by Crippen LogP contribution is 2.32. The van der Waals surface area contributed by atoms with Gasteiger partial charge in [-0.1, -0.05) is 85.3 Å². The maximum atomic E-state index is 13.3. The fraction of sp³-hybridized carbons (Fsp3) is 0.222. The van der Waals surface area contributed by atoms with Crippen LogP contribution in [0.3, 0.4) is 0 Å². The molecule has 1 fully saturated rings. The largest absolute Gasteiger partial charge is 0.494 e. The molecule has 0 radical (unpaired) electrons. The number of nitrogens with one attached hydrogen (secondary N) is 1. The predicted octanol–water partition coefficient (Wildman–Crippen LogP) is 7.30. The summed E-state index contributed by atoms with van der Waals surface area (Å²) in [5.41, 5.74) is 6.58. The molecule has 0 aliphatic carbocycles. The smallest absolute Gasteiger partial charge is 0.253 e. The third-order valence-corrected chi connectivity index (χ3v) is 7.95. The van der Waals surface area contributed by atoms with Gasteiger partial charge in [0.1, 0.15) is 0 Å². The van der Waals surface area contributed by atoms with Crippen molar-refractivity contribution in [2.24, 2.45) is 4.99 Å². The van der Waals surface area contributed by atoms with Gasteiger partial charge in [0.15, 0.2) is 5.88 Å². The summed E-state index contributed by atoms with van der Waals surface area (Å²) in [6.07, 6.45) is 3.88. The Morgan fingerprint density at radius 1 is 0.833 bits per heavy atom. The monoisotopic (exact) mass is 556 g/mol.